The van der Waals surface area contributed by atoms with Crippen LogP contribution in [0.2, 0.25) is 0 Å². The van der Waals surface area contributed by atoms with Crippen LogP contribution < -0.4 is 33.2 Å². The maximum atomic E-state index is 13.3. The second-order valence-corrected chi connectivity index (χ2v) is 9.12. The number of nitrogens with zero attached hydrogens (tertiary/aromatic N) is 1. The molecule has 0 radical (unpaired) electrons. The number of carboxylic acids is 1. The Balaban J connectivity index is 3.12. The number of carboxylic acid groups (broad SMARTS) is 1. The highest BCUT2D eigenvalue weighted by Crippen LogP contribution is 2.09. The summed E-state index contributed by atoms with van der Waals surface area (Å²) >= 11 is 3.96. The van der Waals surface area contributed by atoms with E-state index in [1.54, 1.807) is 12.1 Å². The first kappa shape index (κ1) is 31.7. The van der Waals surface area contributed by atoms with Gasteiger partial charge in [0.2, 0.25) is 17.7 Å². The second-order valence-electron chi connectivity index (χ2n) is 8.75. The largest absolute Gasteiger partial charge is 0.480 e. The number of carbonyl (C=O) groups is 4. The summed E-state index contributed by atoms with van der Waals surface area (Å²) in [4.78, 5) is 54.3. The maximum Gasteiger partial charge on any atom is 0.327 e. The predicted molar refractivity (Wildman–Crippen MR) is 145 cm³/mol. The molecule has 0 saturated heterocycles. The van der Waals surface area contributed by atoms with Gasteiger partial charge in [0.15, 0.2) is 5.96 Å². The number of benzene rings is 1. The highest BCUT2D eigenvalue weighted by Gasteiger charge is 2.30. The molecule has 0 fully saturated rings. The number of aliphatic imine (C=N–C) groups is 1. The highest BCUT2D eigenvalue weighted by molar-refractivity contribution is 7.80. The van der Waals surface area contributed by atoms with E-state index in [1.807, 2.05) is 32.0 Å². The lowest BCUT2D eigenvalue weighted by molar-refractivity contribution is -0.141. The molecule has 0 aromatic heterocycles. The van der Waals surface area contributed by atoms with Crippen LogP contribution >= 0.6 is 12.6 Å². The minimum absolute atomic E-state index is 0.108. The van der Waals surface area contributed by atoms with E-state index in [0.29, 0.717) is 12.8 Å². The molecule has 206 valence electrons. The van der Waals surface area contributed by atoms with E-state index in [1.165, 1.54) is 0 Å². The van der Waals surface area contributed by atoms with Crippen molar-refractivity contribution in [3.63, 3.8) is 0 Å². The topological polar surface area (TPSA) is 215 Å². The molecule has 5 atom stereocenters. The van der Waals surface area contributed by atoms with Gasteiger partial charge in [-0.05, 0) is 24.3 Å². The van der Waals surface area contributed by atoms with Gasteiger partial charge >= 0.3 is 5.97 Å². The molecule has 0 aliphatic rings. The van der Waals surface area contributed by atoms with E-state index in [0.717, 1.165) is 5.56 Å². The molecule has 13 heteroatoms. The monoisotopic (exact) mass is 537 g/mol. The molecule has 1 aromatic carbocycles. The predicted octanol–water partition coefficient (Wildman–Crippen LogP) is -0.875. The Morgan fingerprint density at radius 1 is 0.973 bits per heavy atom. The van der Waals surface area contributed by atoms with Crippen molar-refractivity contribution >= 4 is 42.3 Å². The van der Waals surface area contributed by atoms with Crippen molar-refractivity contribution < 1.29 is 24.3 Å². The van der Waals surface area contributed by atoms with Crippen molar-refractivity contribution in [2.45, 2.75) is 63.7 Å². The quantitative estimate of drug-likeness (QED) is 0.0572. The average Bonchev–Trinajstić information content (AvgIpc) is 2.87. The van der Waals surface area contributed by atoms with Crippen molar-refractivity contribution in [1.82, 2.24) is 16.0 Å². The fourth-order valence-corrected chi connectivity index (χ4v) is 3.59. The smallest absolute Gasteiger partial charge is 0.327 e. The summed E-state index contributed by atoms with van der Waals surface area (Å²) < 4.78 is 0. The number of hydrogen-bond donors (Lipinski definition) is 8. The minimum Gasteiger partial charge on any atom is -0.480 e. The zero-order chi connectivity index (χ0) is 28.0. The molecule has 37 heavy (non-hydrogen) atoms. The molecule has 0 aliphatic carbocycles. The van der Waals surface area contributed by atoms with Crippen LogP contribution in [0.5, 0.6) is 0 Å². The Kier molecular flexibility index (Phi) is 14.1. The van der Waals surface area contributed by atoms with Crippen LogP contribution in [0.4, 0.5) is 0 Å². The third kappa shape index (κ3) is 11.5. The van der Waals surface area contributed by atoms with Gasteiger partial charge in [-0.2, -0.15) is 12.6 Å². The zero-order valence-corrected chi connectivity index (χ0v) is 22.1. The standard InChI is InChI=1S/C24H39N7O5S/c1-3-14(2)19(25)22(34)30-17(12-15-8-5-4-6-9-15)21(33)29-16(10-7-11-28-24(26)27)20(32)31-18(13-37)23(35)36/h4-6,8-9,14,16-19,37H,3,7,10-13,25H2,1-2H3,(H,29,33)(H,30,34)(H,31,32)(H,35,36)(H4,26,27,28). The van der Waals surface area contributed by atoms with Gasteiger partial charge in [0.25, 0.3) is 0 Å². The molecule has 3 amide bonds. The number of amides is 3. The van der Waals surface area contributed by atoms with Crippen molar-refractivity contribution in [3.8, 4) is 0 Å². The van der Waals surface area contributed by atoms with Crippen molar-refractivity contribution in [2.75, 3.05) is 12.3 Å². The molecule has 10 N–H and O–H groups in total. The summed E-state index contributed by atoms with van der Waals surface area (Å²) in [5, 5.41) is 17.0. The molecular weight excluding hydrogens is 498 g/mol. The van der Waals surface area contributed by atoms with Crippen LogP contribution in [-0.2, 0) is 25.6 Å². The van der Waals surface area contributed by atoms with Crippen LogP contribution in [0, 0.1) is 5.92 Å². The third-order valence-electron chi connectivity index (χ3n) is 5.85. The Morgan fingerprint density at radius 3 is 2.08 bits per heavy atom. The van der Waals surface area contributed by atoms with E-state index in [4.69, 9.17) is 17.2 Å². The van der Waals surface area contributed by atoms with E-state index < -0.39 is 47.9 Å². The molecule has 0 saturated carbocycles. The maximum absolute atomic E-state index is 13.3. The number of carbonyl (C=O) groups excluding carboxylic acids is 3. The Labute approximate surface area is 222 Å². The highest BCUT2D eigenvalue weighted by atomic mass is 32.1. The van der Waals surface area contributed by atoms with Crippen LogP contribution in [0.25, 0.3) is 0 Å². The Bertz CT molecular complexity index is 927. The van der Waals surface area contributed by atoms with Crippen LogP contribution in [0.1, 0.15) is 38.7 Å². The third-order valence-corrected chi connectivity index (χ3v) is 6.22. The number of nitrogens with two attached hydrogens (primary N) is 3. The fraction of sp³-hybridized carbons (Fsp3) is 0.542. The lowest BCUT2D eigenvalue weighted by Gasteiger charge is -2.26. The summed E-state index contributed by atoms with van der Waals surface area (Å²) in [6.07, 6.45) is 1.27. The molecule has 0 spiro atoms. The van der Waals surface area contributed by atoms with E-state index in [2.05, 4.69) is 33.6 Å². The van der Waals surface area contributed by atoms with Gasteiger partial charge in [-0.25, -0.2) is 4.79 Å². The van der Waals surface area contributed by atoms with Crippen LogP contribution in [-0.4, -0.2) is 71.2 Å². The molecule has 0 aliphatic heterocycles. The van der Waals surface area contributed by atoms with Crippen molar-refractivity contribution in [3.05, 3.63) is 35.9 Å². The van der Waals surface area contributed by atoms with Gasteiger partial charge in [-0.3, -0.25) is 19.4 Å². The zero-order valence-electron chi connectivity index (χ0n) is 21.2. The Hall–Kier alpha value is -3.32. The molecule has 1 aromatic rings. The van der Waals surface area contributed by atoms with Crippen LogP contribution in [0.3, 0.4) is 0 Å². The summed E-state index contributed by atoms with van der Waals surface area (Å²) in [5.41, 5.74) is 17.5. The van der Waals surface area contributed by atoms with E-state index in [-0.39, 0.29) is 37.0 Å². The number of aliphatic carboxylic acids is 1. The van der Waals surface area contributed by atoms with Crippen LogP contribution in [0.15, 0.2) is 35.3 Å². The first-order valence-electron chi connectivity index (χ1n) is 12.1. The second kappa shape index (κ2) is 16.4. The minimum atomic E-state index is -1.26. The van der Waals surface area contributed by atoms with Crippen molar-refractivity contribution in [1.29, 1.82) is 0 Å². The van der Waals surface area contributed by atoms with Gasteiger partial charge in [0.1, 0.15) is 18.1 Å². The average molecular weight is 538 g/mol. The van der Waals surface area contributed by atoms with Gasteiger partial charge < -0.3 is 38.3 Å². The number of hydrogen-bond acceptors (Lipinski definition) is 7. The normalized spacial score (nSPS) is 14.8. The summed E-state index contributed by atoms with van der Waals surface area (Å²) in [6, 6.07) is 4.85. The number of rotatable bonds is 16. The summed E-state index contributed by atoms with van der Waals surface area (Å²) in [5.74, 6) is -3.44. The number of nitrogens with one attached hydrogen (secondary N) is 3. The van der Waals surface area contributed by atoms with Gasteiger partial charge in [-0.1, -0.05) is 50.6 Å². The summed E-state index contributed by atoms with van der Waals surface area (Å²) in [7, 11) is 0. The number of guanidine groups is 1. The van der Waals surface area contributed by atoms with Crippen molar-refractivity contribution in [2.24, 2.45) is 28.1 Å². The lowest BCUT2D eigenvalue weighted by atomic mass is 9.98. The SMILES string of the molecule is CCC(C)C(N)C(=O)NC(Cc1ccccc1)C(=O)NC(CCCN=C(N)N)C(=O)NC(CS)C(=O)O. The molecular formula is C24H39N7O5S. The molecule has 0 heterocycles. The van der Waals surface area contributed by atoms with Gasteiger partial charge in [0.05, 0.1) is 6.04 Å². The Morgan fingerprint density at radius 2 is 1.54 bits per heavy atom. The number of thiol groups is 1. The van der Waals surface area contributed by atoms with Gasteiger partial charge in [0, 0.05) is 18.7 Å². The van der Waals surface area contributed by atoms with E-state index in [9.17, 15) is 24.3 Å². The summed E-state index contributed by atoms with van der Waals surface area (Å²) in [6.45, 7) is 3.95. The fourth-order valence-electron chi connectivity index (χ4n) is 3.34. The molecule has 5 unspecified atom stereocenters. The first-order valence-corrected chi connectivity index (χ1v) is 12.7. The van der Waals surface area contributed by atoms with E-state index >= 15 is 0 Å². The lowest BCUT2D eigenvalue weighted by Crippen LogP contribution is -2.58. The first-order chi connectivity index (χ1) is 17.5. The molecule has 0 bridgehead atoms. The van der Waals surface area contributed by atoms with Gasteiger partial charge in [-0.15, -0.1) is 0 Å². The molecule has 12 nitrogen and oxygen atoms in total. The molecule has 1 rings (SSSR count).